The summed E-state index contributed by atoms with van der Waals surface area (Å²) in [5.41, 5.74) is 0.576. The van der Waals surface area contributed by atoms with Crippen molar-refractivity contribution in [2.24, 2.45) is 5.92 Å². The van der Waals surface area contributed by atoms with Crippen LogP contribution in [0.25, 0.3) is 6.08 Å². The van der Waals surface area contributed by atoms with Crippen molar-refractivity contribution < 1.29 is 9.53 Å². The molecule has 1 fully saturated rings. The van der Waals surface area contributed by atoms with E-state index in [-0.39, 0.29) is 17.7 Å². The molecule has 5 heteroatoms. The SMILES string of the molecule is C=Cc1cccc(N2CC(C(NC=O)OC(C)(C)C)C2)n1. The molecular weight excluding hydrogens is 266 g/mol. The molecular formula is C16H23N3O2. The molecule has 1 unspecified atom stereocenters. The third-order valence-corrected chi connectivity index (χ3v) is 3.34. The molecule has 0 aromatic carbocycles. The van der Waals surface area contributed by atoms with Gasteiger partial charge in [0.1, 0.15) is 12.0 Å². The molecule has 1 aromatic rings. The van der Waals surface area contributed by atoms with Gasteiger partial charge in [-0.1, -0.05) is 12.6 Å². The van der Waals surface area contributed by atoms with Crippen LogP contribution in [0.5, 0.6) is 0 Å². The fourth-order valence-corrected chi connectivity index (χ4v) is 2.33. The molecule has 1 aromatic heterocycles. The molecule has 5 nitrogen and oxygen atoms in total. The van der Waals surface area contributed by atoms with Crippen molar-refractivity contribution in [2.45, 2.75) is 32.6 Å². The Labute approximate surface area is 126 Å². The predicted octanol–water partition coefficient (Wildman–Crippen LogP) is 2.05. The largest absolute Gasteiger partial charge is 0.356 e. The Balaban J connectivity index is 1.97. The summed E-state index contributed by atoms with van der Waals surface area (Å²) in [6, 6.07) is 5.88. The van der Waals surface area contributed by atoms with E-state index in [4.69, 9.17) is 4.74 Å². The van der Waals surface area contributed by atoms with E-state index in [1.807, 2.05) is 39.0 Å². The Morgan fingerprint density at radius 3 is 2.76 bits per heavy atom. The minimum atomic E-state index is -0.290. The Morgan fingerprint density at radius 2 is 2.19 bits per heavy atom. The van der Waals surface area contributed by atoms with Crippen molar-refractivity contribution in [3.05, 3.63) is 30.5 Å². The van der Waals surface area contributed by atoms with Crippen LogP contribution in [0.2, 0.25) is 0 Å². The van der Waals surface area contributed by atoms with Gasteiger partial charge in [-0.15, -0.1) is 0 Å². The molecule has 1 saturated heterocycles. The van der Waals surface area contributed by atoms with E-state index in [1.54, 1.807) is 6.08 Å². The average molecular weight is 289 g/mol. The maximum Gasteiger partial charge on any atom is 0.209 e. The molecule has 1 amide bonds. The third kappa shape index (κ3) is 4.04. The van der Waals surface area contributed by atoms with Crippen LogP contribution < -0.4 is 10.2 Å². The summed E-state index contributed by atoms with van der Waals surface area (Å²) in [5.74, 6) is 1.20. The molecule has 1 atom stereocenters. The molecule has 1 N–H and O–H groups in total. The van der Waals surface area contributed by atoms with Crippen LogP contribution in [0.1, 0.15) is 26.5 Å². The molecule has 21 heavy (non-hydrogen) atoms. The van der Waals surface area contributed by atoms with Crippen LogP contribution in [0, 0.1) is 5.92 Å². The number of nitrogens with one attached hydrogen (secondary N) is 1. The summed E-state index contributed by atoms with van der Waals surface area (Å²) in [6.45, 7) is 11.3. The Bertz CT molecular complexity index is 504. The summed E-state index contributed by atoms with van der Waals surface area (Å²) < 4.78 is 5.91. The quantitative estimate of drug-likeness (QED) is 0.643. The first kappa shape index (κ1) is 15.5. The highest BCUT2D eigenvalue weighted by Crippen LogP contribution is 2.27. The molecule has 114 valence electrons. The Hall–Kier alpha value is -1.88. The summed E-state index contributed by atoms with van der Waals surface area (Å²) in [6.07, 6.45) is 2.18. The minimum absolute atomic E-state index is 0.263. The topological polar surface area (TPSA) is 54.5 Å². The minimum Gasteiger partial charge on any atom is -0.356 e. The molecule has 1 aliphatic heterocycles. The number of anilines is 1. The first-order valence-electron chi connectivity index (χ1n) is 7.15. The van der Waals surface area contributed by atoms with Crippen LogP contribution >= 0.6 is 0 Å². The molecule has 0 saturated carbocycles. The number of nitrogens with zero attached hydrogens (tertiary/aromatic N) is 2. The molecule has 0 radical (unpaired) electrons. The van der Waals surface area contributed by atoms with Gasteiger partial charge in [-0.25, -0.2) is 4.98 Å². The zero-order chi connectivity index (χ0) is 15.5. The molecule has 1 aliphatic rings. The maximum atomic E-state index is 10.8. The number of aromatic nitrogens is 1. The van der Waals surface area contributed by atoms with E-state index in [0.717, 1.165) is 24.6 Å². The lowest BCUT2D eigenvalue weighted by atomic mass is 9.97. The van der Waals surface area contributed by atoms with Gasteiger partial charge in [-0.05, 0) is 39.0 Å². The van der Waals surface area contributed by atoms with Crippen LogP contribution in [-0.4, -0.2) is 36.3 Å². The number of pyridine rings is 1. The number of ether oxygens (including phenoxy) is 1. The van der Waals surface area contributed by atoms with Crippen molar-refractivity contribution in [3.8, 4) is 0 Å². The number of amides is 1. The summed E-state index contributed by atoms with van der Waals surface area (Å²) in [7, 11) is 0. The number of hydrogen-bond acceptors (Lipinski definition) is 4. The molecule has 0 bridgehead atoms. The van der Waals surface area contributed by atoms with Gasteiger partial charge in [0.25, 0.3) is 0 Å². The van der Waals surface area contributed by atoms with E-state index < -0.39 is 0 Å². The second-order valence-electron chi connectivity index (χ2n) is 6.23. The van der Waals surface area contributed by atoms with Gasteiger partial charge in [0.15, 0.2) is 0 Å². The van der Waals surface area contributed by atoms with Crippen LogP contribution in [0.3, 0.4) is 0 Å². The van der Waals surface area contributed by atoms with Gasteiger partial charge in [0.2, 0.25) is 6.41 Å². The Kier molecular flexibility index (Phi) is 4.63. The van der Waals surface area contributed by atoms with E-state index in [1.165, 1.54) is 0 Å². The van der Waals surface area contributed by atoms with Gasteiger partial charge >= 0.3 is 0 Å². The average Bonchev–Trinajstić information content (AvgIpc) is 2.35. The lowest BCUT2D eigenvalue weighted by Gasteiger charge is -2.45. The van der Waals surface area contributed by atoms with Crippen molar-refractivity contribution in [1.82, 2.24) is 10.3 Å². The van der Waals surface area contributed by atoms with E-state index in [9.17, 15) is 4.79 Å². The van der Waals surface area contributed by atoms with E-state index >= 15 is 0 Å². The zero-order valence-electron chi connectivity index (χ0n) is 12.9. The van der Waals surface area contributed by atoms with Gasteiger partial charge in [-0.2, -0.15) is 0 Å². The second-order valence-corrected chi connectivity index (χ2v) is 6.23. The van der Waals surface area contributed by atoms with Gasteiger partial charge in [0, 0.05) is 19.0 Å². The van der Waals surface area contributed by atoms with Crippen molar-refractivity contribution in [2.75, 3.05) is 18.0 Å². The fraction of sp³-hybridized carbons (Fsp3) is 0.500. The van der Waals surface area contributed by atoms with Gasteiger partial charge in [0.05, 0.1) is 11.3 Å². The van der Waals surface area contributed by atoms with Gasteiger partial charge in [-0.3, -0.25) is 4.79 Å². The lowest BCUT2D eigenvalue weighted by molar-refractivity contribution is -0.128. The second kappa shape index (κ2) is 6.26. The first-order valence-corrected chi connectivity index (χ1v) is 7.15. The van der Waals surface area contributed by atoms with E-state index in [0.29, 0.717) is 6.41 Å². The number of hydrogen-bond donors (Lipinski definition) is 1. The fourth-order valence-electron chi connectivity index (χ4n) is 2.33. The van der Waals surface area contributed by atoms with Crippen LogP contribution in [-0.2, 0) is 9.53 Å². The monoisotopic (exact) mass is 289 g/mol. The maximum absolute atomic E-state index is 10.8. The molecule has 2 rings (SSSR count). The number of carbonyl (C=O) groups is 1. The molecule has 0 spiro atoms. The van der Waals surface area contributed by atoms with Crippen molar-refractivity contribution in [3.63, 3.8) is 0 Å². The van der Waals surface area contributed by atoms with E-state index in [2.05, 4.69) is 21.8 Å². The predicted molar refractivity (Wildman–Crippen MR) is 83.9 cm³/mol. The summed E-state index contributed by atoms with van der Waals surface area (Å²) in [4.78, 5) is 17.4. The summed E-state index contributed by atoms with van der Waals surface area (Å²) >= 11 is 0. The highest BCUT2D eigenvalue weighted by atomic mass is 16.5. The van der Waals surface area contributed by atoms with Gasteiger partial charge < -0.3 is 15.0 Å². The molecule has 2 heterocycles. The van der Waals surface area contributed by atoms with Crippen LogP contribution in [0.15, 0.2) is 24.8 Å². The normalized spacial score (nSPS) is 17.0. The third-order valence-electron chi connectivity index (χ3n) is 3.34. The highest BCUT2D eigenvalue weighted by Gasteiger charge is 2.36. The van der Waals surface area contributed by atoms with Crippen molar-refractivity contribution in [1.29, 1.82) is 0 Å². The highest BCUT2D eigenvalue weighted by molar-refractivity contribution is 5.50. The van der Waals surface area contributed by atoms with Crippen LogP contribution in [0.4, 0.5) is 5.82 Å². The number of rotatable bonds is 6. The Morgan fingerprint density at radius 1 is 1.48 bits per heavy atom. The zero-order valence-corrected chi connectivity index (χ0v) is 12.9. The summed E-state index contributed by atoms with van der Waals surface area (Å²) in [5, 5.41) is 2.77. The number of carbonyl (C=O) groups excluding carboxylic acids is 1. The van der Waals surface area contributed by atoms with Crippen molar-refractivity contribution >= 4 is 18.3 Å². The standard InChI is InChI=1S/C16H23N3O2/c1-5-13-7-6-8-14(18-13)19-9-12(10-19)15(17-11-20)21-16(2,3)4/h5-8,11-12,15H,1,9-10H2,2-4H3,(H,17,20). The first-order chi connectivity index (χ1) is 9.93. The smallest absolute Gasteiger partial charge is 0.209 e. The lowest BCUT2D eigenvalue weighted by Crippen LogP contribution is -2.58. The molecule has 0 aliphatic carbocycles.